The maximum absolute atomic E-state index is 12.7. The van der Waals surface area contributed by atoms with Gasteiger partial charge in [-0.05, 0) is 63.0 Å². The van der Waals surface area contributed by atoms with Crippen LogP contribution in [-0.4, -0.2) is 50.2 Å². The molecule has 7 heteroatoms. The van der Waals surface area contributed by atoms with E-state index in [2.05, 4.69) is 10.2 Å². The second kappa shape index (κ2) is 9.20. The number of nitrogens with zero attached hydrogens (tertiary/aromatic N) is 1. The van der Waals surface area contributed by atoms with Crippen LogP contribution >= 0.6 is 11.6 Å². The largest absolute Gasteiger partial charge is 0.426 e. The van der Waals surface area contributed by atoms with Crippen molar-refractivity contribution in [3.63, 3.8) is 0 Å². The first-order valence-corrected chi connectivity index (χ1v) is 10.6. The Morgan fingerprint density at radius 1 is 1.17 bits per heavy atom. The van der Waals surface area contributed by atoms with Crippen LogP contribution in [0.3, 0.4) is 0 Å². The van der Waals surface area contributed by atoms with Crippen molar-refractivity contribution in [3.05, 3.63) is 47.2 Å². The number of nitrogens with one attached hydrogen (secondary N) is 1. The molecule has 156 valence electrons. The van der Waals surface area contributed by atoms with Gasteiger partial charge < -0.3 is 24.1 Å². The third-order valence-corrected chi connectivity index (χ3v) is 5.99. The van der Waals surface area contributed by atoms with Crippen LogP contribution in [0.4, 0.5) is 0 Å². The van der Waals surface area contributed by atoms with Crippen LogP contribution in [0.15, 0.2) is 40.8 Å². The van der Waals surface area contributed by atoms with Crippen LogP contribution in [0, 0.1) is 5.41 Å². The minimum atomic E-state index is -0.224. The normalized spacial score (nSPS) is 19.2. The van der Waals surface area contributed by atoms with Crippen LogP contribution in [0.5, 0.6) is 11.7 Å². The SMILES string of the molecule is O=C(NCC1(CN2CCCC2)CCOCC1)c1ccc(Oc2cccc(Cl)c2)o1. The first-order chi connectivity index (χ1) is 14.1. The lowest BCUT2D eigenvalue weighted by Crippen LogP contribution is -2.48. The molecule has 2 aliphatic rings. The Morgan fingerprint density at radius 2 is 1.97 bits per heavy atom. The highest BCUT2D eigenvalue weighted by atomic mass is 35.5. The Bertz CT molecular complexity index is 826. The molecule has 3 heterocycles. The Kier molecular flexibility index (Phi) is 6.43. The Hall–Kier alpha value is -2.02. The van der Waals surface area contributed by atoms with E-state index < -0.39 is 0 Å². The van der Waals surface area contributed by atoms with Gasteiger partial charge in [0.15, 0.2) is 5.76 Å². The zero-order chi connectivity index (χ0) is 20.1. The predicted octanol–water partition coefficient (Wildman–Crippen LogP) is 4.35. The average Bonchev–Trinajstić information content (AvgIpc) is 3.39. The molecular weight excluding hydrogens is 392 g/mol. The molecule has 2 aromatic rings. The highest BCUT2D eigenvalue weighted by Crippen LogP contribution is 2.32. The summed E-state index contributed by atoms with van der Waals surface area (Å²) in [6.45, 7) is 5.44. The zero-order valence-corrected chi connectivity index (χ0v) is 17.2. The van der Waals surface area contributed by atoms with Crippen LogP contribution < -0.4 is 10.1 Å². The van der Waals surface area contributed by atoms with Crippen molar-refractivity contribution in [1.82, 2.24) is 10.2 Å². The summed E-state index contributed by atoms with van der Waals surface area (Å²) < 4.78 is 16.8. The molecule has 0 unspecified atom stereocenters. The van der Waals surface area contributed by atoms with E-state index in [0.717, 1.165) is 45.7 Å². The predicted molar refractivity (Wildman–Crippen MR) is 111 cm³/mol. The molecule has 1 aromatic carbocycles. The summed E-state index contributed by atoms with van der Waals surface area (Å²) >= 11 is 5.97. The summed E-state index contributed by atoms with van der Waals surface area (Å²) in [4.78, 5) is 15.2. The Balaban J connectivity index is 1.36. The number of halogens is 1. The van der Waals surface area contributed by atoms with Crippen molar-refractivity contribution in [2.24, 2.45) is 5.41 Å². The van der Waals surface area contributed by atoms with Crippen LogP contribution in [0.25, 0.3) is 0 Å². The standard InChI is InChI=1S/C22H27ClN2O4/c23-17-4-3-5-18(14-17)28-20-7-6-19(29-20)21(26)24-15-22(8-12-27-13-9-22)16-25-10-1-2-11-25/h3-7,14H,1-2,8-13,15-16H2,(H,24,26). The minimum Gasteiger partial charge on any atom is -0.426 e. The molecule has 0 atom stereocenters. The molecule has 2 saturated heterocycles. The fourth-order valence-electron chi connectivity index (χ4n) is 4.11. The van der Waals surface area contributed by atoms with Gasteiger partial charge in [0.25, 0.3) is 11.9 Å². The molecule has 1 N–H and O–H groups in total. The lowest BCUT2D eigenvalue weighted by molar-refractivity contribution is -0.000761. The van der Waals surface area contributed by atoms with Gasteiger partial charge in [-0.15, -0.1) is 0 Å². The first kappa shape index (κ1) is 20.3. The molecule has 0 radical (unpaired) electrons. The monoisotopic (exact) mass is 418 g/mol. The van der Waals surface area contributed by atoms with Gasteiger partial charge in [0, 0.05) is 42.8 Å². The zero-order valence-electron chi connectivity index (χ0n) is 16.5. The van der Waals surface area contributed by atoms with Gasteiger partial charge in [-0.25, -0.2) is 0 Å². The third-order valence-electron chi connectivity index (χ3n) is 5.75. The fraction of sp³-hybridized carbons (Fsp3) is 0.500. The van der Waals surface area contributed by atoms with E-state index in [1.54, 1.807) is 36.4 Å². The molecule has 2 fully saturated rings. The molecule has 2 aliphatic heterocycles. The fourth-order valence-corrected chi connectivity index (χ4v) is 4.29. The number of amides is 1. The third kappa shape index (κ3) is 5.32. The van der Waals surface area contributed by atoms with E-state index in [4.69, 9.17) is 25.5 Å². The van der Waals surface area contributed by atoms with Crippen molar-refractivity contribution in [3.8, 4) is 11.7 Å². The van der Waals surface area contributed by atoms with Crippen molar-refractivity contribution < 1.29 is 18.7 Å². The second-order valence-corrected chi connectivity index (χ2v) is 8.39. The van der Waals surface area contributed by atoms with Gasteiger partial charge >= 0.3 is 0 Å². The van der Waals surface area contributed by atoms with Gasteiger partial charge in [-0.3, -0.25) is 4.79 Å². The Morgan fingerprint density at radius 3 is 2.72 bits per heavy atom. The van der Waals surface area contributed by atoms with Crippen LogP contribution in [0.2, 0.25) is 5.02 Å². The molecule has 0 spiro atoms. The summed E-state index contributed by atoms with van der Waals surface area (Å²) in [6.07, 6.45) is 4.46. The second-order valence-electron chi connectivity index (χ2n) is 7.96. The molecule has 1 aromatic heterocycles. The van der Waals surface area contributed by atoms with E-state index in [9.17, 15) is 4.79 Å². The first-order valence-electron chi connectivity index (χ1n) is 10.2. The summed E-state index contributed by atoms with van der Waals surface area (Å²) in [5.74, 6) is 0.837. The van der Waals surface area contributed by atoms with E-state index in [1.165, 1.54) is 12.8 Å². The molecule has 0 bridgehead atoms. The van der Waals surface area contributed by atoms with Gasteiger partial charge in [0.2, 0.25) is 0 Å². The summed E-state index contributed by atoms with van der Waals surface area (Å²) in [7, 11) is 0. The molecule has 0 aliphatic carbocycles. The van der Waals surface area contributed by atoms with E-state index in [-0.39, 0.29) is 23.0 Å². The van der Waals surface area contributed by atoms with Gasteiger partial charge in [0.05, 0.1) is 0 Å². The topological polar surface area (TPSA) is 63.9 Å². The number of ether oxygens (including phenoxy) is 2. The smallest absolute Gasteiger partial charge is 0.290 e. The number of rotatable bonds is 7. The number of furan rings is 1. The van der Waals surface area contributed by atoms with E-state index in [1.807, 2.05) is 0 Å². The van der Waals surface area contributed by atoms with Crippen molar-refractivity contribution >= 4 is 17.5 Å². The number of benzene rings is 1. The summed E-state index contributed by atoms with van der Waals surface area (Å²) in [5, 5.41) is 3.65. The number of likely N-dealkylation sites (tertiary alicyclic amines) is 1. The van der Waals surface area contributed by atoms with Crippen molar-refractivity contribution in [2.45, 2.75) is 25.7 Å². The number of carbonyl (C=O) groups excluding carboxylic acids is 1. The van der Waals surface area contributed by atoms with Crippen molar-refractivity contribution in [1.29, 1.82) is 0 Å². The van der Waals surface area contributed by atoms with Gasteiger partial charge in [-0.2, -0.15) is 0 Å². The average molecular weight is 419 g/mol. The highest BCUT2D eigenvalue weighted by Gasteiger charge is 2.35. The lowest BCUT2D eigenvalue weighted by Gasteiger charge is -2.40. The highest BCUT2D eigenvalue weighted by molar-refractivity contribution is 6.30. The van der Waals surface area contributed by atoms with Gasteiger partial charge in [-0.1, -0.05) is 17.7 Å². The molecule has 29 heavy (non-hydrogen) atoms. The molecule has 1 amide bonds. The number of hydrogen-bond acceptors (Lipinski definition) is 5. The summed E-state index contributed by atoms with van der Waals surface area (Å²) in [6, 6.07) is 10.3. The maximum Gasteiger partial charge on any atom is 0.290 e. The molecule has 4 rings (SSSR count). The maximum atomic E-state index is 12.7. The van der Waals surface area contributed by atoms with Gasteiger partial charge in [0.1, 0.15) is 5.75 Å². The number of hydrogen-bond donors (Lipinski definition) is 1. The minimum absolute atomic E-state index is 0.0605. The van der Waals surface area contributed by atoms with Crippen LogP contribution in [-0.2, 0) is 4.74 Å². The molecule has 6 nitrogen and oxygen atoms in total. The molecule has 0 saturated carbocycles. The van der Waals surface area contributed by atoms with Crippen molar-refractivity contribution in [2.75, 3.05) is 39.4 Å². The quantitative estimate of drug-likeness (QED) is 0.724. The van der Waals surface area contributed by atoms with Crippen LogP contribution in [0.1, 0.15) is 36.2 Å². The van der Waals surface area contributed by atoms with E-state index in [0.29, 0.717) is 17.3 Å². The lowest BCUT2D eigenvalue weighted by atomic mass is 9.79. The summed E-state index contributed by atoms with van der Waals surface area (Å²) in [5.41, 5.74) is 0.0605. The number of carbonyl (C=O) groups is 1. The Labute approximate surface area is 176 Å². The molecular formula is C22H27ClN2O4. The van der Waals surface area contributed by atoms with E-state index >= 15 is 0 Å².